The van der Waals surface area contributed by atoms with Crippen LogP contribution in [0.3, 0.4) is 0 Å². The molecule has 1 N–H and O–H groups in total. The summed E-state index contributed by atoms with van der Waals surface area (Å²) in [5.41, 5.74) is 0. The van der Waals surface area contributed by atoms with Gasteiger partial charge in [0.2, 0.25) is 5.01 Å². The molecule has 0 aliphatic heterocycles. The smallest absolute Gasteiger partial charge is 0.365 e. The van der Waals surface area contributed by atoms with Gasteiger partial charge in [0.05, 0.1) is 9.08 Å². The highest BCUT2D eigenvalue weighted by Crippen LogP contribution is 2.13. The van der Waals surface area contributed by atoms with E-state index in [1.807, 2.05) is 22.6 Å². The number of hydrogen-bond acceptors (Lipinski definition) is 3. The van der Waals surface area contributed by atoms with Gasteiger partial charge in [0, 0.05) is 0 Å². The quantitative estimate of drug-likeness (QED) is 0.772. The third-order valence-corrected chi connectivity index (χ3v) is 2.37. The molecule has 1 aromatic heterocycles. The molecular weight excluding hydrogens is 253 g/mol. The largest absolute Gasteiger partial charge is 0.476 e. The molecule has 48 valence electrons. The number of aromatic carboxylic acids is 1. The fraction of sp³-hybridized carbons (Fsp3) is 0. The number of thiazole rings is 1. The van der Waals surface area contributed by atoms with Crippen molar-refractivity contribution in [2.24, 2.45) is 0 Å². The van der Waals surface area contributed by atoms with Gasteiger partial charge < -0.3 is 5.11 Å². The average Bonchev–Trinajstić information content (AvgIpc) is 2.14. The van der Waals surface area contributed by atoms with Gasteiger partial charge in [-0.2, -0.15) is 0 Å². The molecule has 0 aliphatic rings. The van der Waals surface area contributed by atoms with Crippen LogP contribution in [-0.2, 0) is 0 Å². The lowest BCUT2D eigenvalue weighted by Crippen LogP contribution is -1.92. The van der Waals surface area contributed by atoms with E-state index in [0.717, 1.165) is 2.88 Å². The number of hydrogen-bond donors (Lipinski definition) is 1. The molecule has 9 heavy (non-hydrogen) atoms. The van der Waals surface area contributed by atoms with E-state index in [1.54, 1.807) is 0 Å². The molecule has 0 atom stereocenters. The minimum Gasteiger partial charge on any atom is -0.476 e. The number of carboxylic acid groups (broad SMARTS) is 1. The number of carboxylic acids is 1. The Balaban J connectivity index is 2.98. The van der Waals surface area contributed by atoms with E-state index in [0.29, 0.717) is 0 Å². The second-order valence-electron chi connectivity index (χ2n) is 1.27. The fourth-order valence-electron chi connectivity index (χ4n) is 0.353. The highest BCUT2D eigenvalue weighted by molar-refractivity contribution is 14.1. The standard InChI is InChI=1S/C4H2INO2S/c5-2-1-6-3(9-2)4(7)8/h1H,(H,7,8). The third kappa shape index (κ3) is 1.62. The van der Waals surface area contributed by atoms with Gasteiger partial charge in [-0.1, -0.05) is 0 Å². The first kappa shape index (κ1) is 6.94. The molecule has 0 saturated heterocycles. The summed E-state index contributed by atoms with van der Waals surface area (Å²) in [6, 6.07) is 0. The van der Waals surface area contributed by atoms with Crippen molar-refractivity contribution in [1.29, 1.82) is 0 Å². The molecule has 0 unspecified atom stereocenters. The number of aromatic nitrogens is 1. The molecule has 0 aliphatic carbocycles. The molecule has 3 nitrogen and oxygen atoms in total. The number of nitrogens with zero attached hydrogens (tertiary/aromatic N) is 1. The number of rotatable bonds is 1. The SMILES string of the molecule is O=C(O)c1ncc(I)s1. The third-order valence-electron chi connectivity index (χ3n) is 0.660. The molecule has 1 heterocycles. The van der Waals surface area contributed by atoms with Crippen LogP contribution in [0.15, 0.2) is 6.20 Å². The maximum atomic E-state index is 10.2. The molecular formula is C4H2INO2S. The fourth-order valence-corrected chi connectivity index (χ4v) is 1.60. The summed E-state index contributed by atoms with van der Waals surface area (Å²) in [6.45, 7) is 0. The van der Waals surface area contributed by atoms with Crippen molar-refractivity contribution in [3.05, 3.63) is 14.1 Å². The van der Waals surface area contributed by atoms with Gasteiger partial charge in [-0.05, 0) is 22.6 Å². The van der Waals surface area contributed by atoms with E-state index < -0.39 is 5.97 Å². The molecule has 0 aromatic carbocycles. The highest BCUT2D eigenvalue weighted by Gasteiger charge is 2.05. The molecule has 0 fully saturated rings. The zero-order valence-corrected chi connectivity index (χ0v) is 7.14. The summed E-state index contributed by atoms with van der Waals surface area (Å²) in [5, 5.41) is 8.49. The Morgan fingerprint density at radius 1 is 1.89 bits per heavy atom. The Labute approximate surface area is 68.9 Å². The monoisotopic (exact) mass is 255 g/mol. The predicted molar refractivity (Wildman–Crippen MR) is 41.8 cm³/mol. The maximum Gasteiger partial charge on any atom is 0.365 e. The first-order chi connectivity index (χ1) is 4.20. The molecule has 0 bridgehead atoms. The van der Waals surface area contributed by atoms with Crippen LogP contribution in [0.4, 0.5) is 0 Å². The number of carbonyl (C=O) groups is 1. The molecule has 1 aromatic rings. The number of halogens is 1. The summed E-state index contributed by atoms with van der Waals surface area (Å²) >= 11 is 3.20. The first-order valence-electron chi connectivity index (χ1n) is 2.05. The lowest BCUT2D eigenvalue weighted by molar-refractivity contribution is 0.0696. The molecule has 1 rings (SSSR count). The maximum absolute atomic E-state index is 10.2. The van der Waals surface area contributed by atoms with Crippen molar-refractivity contribution in [2.75, 3.05) is 0 Å². The highest BCUT2D eigenvalue weighted by atomic mass is 127. The molecule has 0 spiro atoms. The molecule has 0 saturated carbocycles. The van der Waals surface area contributed by atoms with Crippen molar-refractivity contribution in [1.82, 2.24) is 4.98 Å². The topological polar surface area (TPSA) is 50.2 Å². The van der Waals surface area contributed by atoms with Crippen molar-refractivity contribution >= 4 is 39.9 Å². The Kier molecular flexibility index (Phi) is 2.01. The normalized spacial score (nSPS) is 9.44. The second kappa shape index (κ2) is 2.61. The first-order valence-corrected chi connectivity index (χ1v) is 3.94. The van der Waals surface area contributed by atoms with Crippen LogP contribution >= 0.6 is 33.9 Å². The molecule has 0 amide bonds. The minimum atomic E-state index is -0.956. The Hall–Kier alpha value is -0.170. The average molecular weight is 255 g/mol. The van der Waals surface area contributed by atoms with Gasteiger partial charge in [-0.3, -0.25) is 0 Å². The van der Waals surface area contributed by atoms with E-state index in [1.165, 1.54) is 17.5 Å². The zero-order valence-electron chi connectivity index (χ0n) is 4.17. The van der Waals surface area contributed by atoms with Crippen LogP contribution < -0.4 is 0 Å². The van der Waals surface area contributed by atoms with Crippen molar-refractivity contribution in [3.63, 3.8) is 0 Å². The van der Waals surface area contributed by atoms with E-state index in [-0.39, 0.29) is 5.01 Å². The van der Waals surface area contributed by atoms with Gasteiger partial charge in [-0.15, -0.1) is 11.3 Å². The lowest BCUT2D eigenvalue weighted by atomic mass is 10.7. The van der Waals surface area contributed by atoms with Crippen LogP contribution in [0, 0.1) is 2.88 Å². The van der Waals surface area contributed by atoms with Crippen molar-refractivity contribution in [2.45, 2.75) is 0 Å². The van der Waals surface area contributed by atoms with Crippen LogP contribution in [-0.4, -0.2) is 16.1 Å². The van der Waals surface area contributed by atoms with E-state index in [9.17, 15) is 4.79 Å². The second-order valence-corrected chi connectivity index (χ2v) is 4.20. The van der Waals surface area contributed by atoms with Crippen molar-refractivity contribution < 1.29 is 9.90 Å². The minimum absolute atomic E-state index is 0.152. The van der Waals surface area contributed by atoms with Gasteiger partial charge in [-0.25, -0.2) is 9.78 Å². The van der Waals surface area contributed by atoms with Crippen molar-refractivity contribution in [3.8, 4) is 0 Å². The van der Waals surface area contributed by atoms with Gasteiger partial charge >= 0.3 is 5.97 Å². The van der Waals surface area contributed by atoms with Gasteiger partial charge in [0.15, 0.2) is 0 Å². The van der Waals surface area contributed by atoms with Gasteiger partial charge in [0.1, 0.15) is 0 Å². The van der Waals surface area contributed by atoms with Gasteiger partial charge in [0.25, 0.3) is 0 Å². The Morgan fingerprint density at radius 2 is 2.56 bits per heavy atom. The van der Waals surface area contributed by atoms with E-state index in [4.69, 9.17) is 5.11 Å². The summed E-state index contributed by atoms with van der Waals surface area (Å²) in [5.74, 6) is -0.956. The van der Waals surface area contributed by atoms with Crippen LogP contribution in [0.1, 0.15) is 9.80 Å². The predicted octanol–water partition coefficient (Wildman–Crippen LogP) is 1.45. The summed E-state index contributed by atoms with van der Waals surface area (Å²) < 4.78 is 0.894. The summed E-state index contributed by atoms with van der Waals surface area (Å²) in [4.78, 5) is 13.8. The Morgan fingerprint density at radius 3 is 2.78 bits per heavy atom. The van der Waals surface area contributed by atoms with E-state index >= 15 is 0 Å². The zero-order chi connectivity index (χ0) is 6.85. The van der Waals surface area contributed by atoms with Crippen LogP contribution in [0.2, 0.25) is 0 Å². The van der Waals surface area contributed by atoms with E-state index in [2.05, 4.69) is 4.98 Å². The summed E-state index contributed by atoms with van der Waals surface area (Å²) in [7, 11) is 0. The Bertz CT molecular complexity index is 234. The van der Waals surface area contributed by atoms with Crippen LogP contribution in [0.25, 0.3) is 0 Å². The summed E-state index contributed by atoms with van der Waals surface area (Å²) in [6.07, 6.45) is 1.54. The lowest BCUT2D eigenvalue weighted by Gasteiger charge is -1.77. The van der Waals surface area contributed by atoms with Crippen LogP contribution in [0.5, 0.6) is 0 Å². The molecule has 0 radical (unpaired) electrons. The molecule has 5 heteroatoms.